The molecule has 0 bridgehead atoms. The fraction of sp³-hybridized carbons (Fsp3) is 0.333. The van der Waals surface area contributed by atoms with Crippen molar-refractivity contribution in [2.24, 2.45) is 5.41 Å². The molecule has 128 valence electrons. The Balaban J connectivity index is 1.67. The molecule has 0 aliphatic heterocycles. The molecule has 1 aliphatic rings. The summed E-state index contributed by atoms with van der Waals surface area (Å²) >= 11 is 2.02. The average Bonchev–Trinajstić information content (AvgIpc) is 2.91. The number of thiophene rings is 1. The van der Waals surface area contributed by atoms with Crippen molar-refractivity contribution in [1.82, 2.24) is 0 Å². The lowest BCUT2D eigenvalue weighted by Gasteiger charge is -2.29. The van der Waals surface area contributed by atoms with E-state index in [4.69, 9.17) is 0 Å². The summed E-state index contributed by atoms with van der Waals surface area (Å²) in [6, 6.07) is 17.9. The Kier molecular flexibility index (Phi) is 4.08. The van der Waals surface area contributed by atoms with Gasteiger partial charge in [0.15, 0.2) is 0 Å². The fourth-order valence-electron chi connectivity index (χ4n) is 3.89. The minimum absolute atomic E-state index is 0.450. The summed E-state index contributed by atoms with van der Waals surface area (Å²) in [5, 5.41) is 0. The van der Waals surface area contributed by atoms with Gasteiger partial charge in [0.25, 0.3) is 0 Å². The highest BCUT2D eigenvalue weighted by Gasteiger charge is 2.29. The van der Waals surface area contributed by atoms with Gasteiger partial charge in [0.2, 0.25) is 0 Å². The molecule has 3 aromatic rings. The summed E-state index contributed by atoms with van der Waals surface area (Å²) in [5.74, 6) is 0. The van der Waals surface area contributed by atoms with Crippen molar-refractivity contribution in [1.29, 1.82) is 0 Å². The van der Waals surface area contributed by atoms with Crippen molar-refractivity contribution in [2.45, 2.75) is 47.0 Å². The second kappa shape index (κ2) is 6.14. The van der Waals surface area contributed by atoms with Crippen LogP contribution >= 0.6 is 11.3 Å². The van der Waals surface area contributed by atoms with Crippen molar-refractivity contribution < 1.29 is 0 Å². The molecule has 0 nitrogen and oxygen atoms in total. The third-order valence-electron chi connectivity index (χ3n) is 5.57. The Bertz CT molecular complexity index is 893. The summed E-state index contributed by atoms with van der Waals surface area (Å²) in [5.41, 5.74) is 8.85. The van der Waals surface area contributed by atoms with Gasteiger partial charge < -0.3 is 0 Å². The fourth-order valence-corrected chi connectivity index (χ4v) is 5.22. The molecule has 0 unspecified atom stereocenters. The van der Waals surface area contributed by atoms with E-state index >= 15 is 0 Å². The second-order valence-corrected chi connectivity index (χ2v) is 9.35. The standard InChI is InChI=1S/C24H26S/c1-16-5-7-18(8-6-16)19-9-11-20(12-10-19)23-17(2)21-15-24(3,4)14-13-22(21)25-23/h5-12H,13-15H2,1-4H3. The molecular weight excluding hydrogens is 320 g/mol. The van der Waals surface area contributed by atoms with Gasteiger partial charge in [-0.1, -0.05) is 67.9 Å². The van der Waals surface area contributed by atoms with Crippen molar-refractivity contribution in [2.75, 3.05) is 0 Å². The van der Waals surface area contributed by atoms with Crippen LogP contribution in [0.2, 0.25) is 0 Å². The topological polar surface area (TPSA) is 0 Å². The first-order valence-electron chi connectivity index (χ1n) is 9.22. The maximum Gasteiger partial charge on any atom is 0.0377 e. The zero-order chi connectivity index (χ0) is 17.6. The summed E-state index contributed by atoms with van der Waals surface area (Å²) in [6.07, 6.45) is 3.78. The predicted octanol–water partition coefficient (Wildman–Crippen LogP) is 7.21. The van der Waals surface area contributed by atoms with Crippen molar-refractivity contribution >= 4 is 11.3 Å². The summed E-state index contributed by atoms with van der Waals surface area (Å²) in [4.78, 5) is 3.09. The molecule has 0 saturated heterocycles. The normalized spacial score (nSPS) is 15.8. The number of aryl methyl sites for hydroxylation is 2. The van der Waals surface area contributed by atoms with Crippen LogP contribution in [0.25, 0.3) is 21.6 Å². The van der Waals surface area contributed by atoms with Crippen molar-refractivity contribution in [3.8, 4) is 21.6 Å². The Labute approximate surface area is 155 Å². The van der Waals surface area contributed by atoms with Gasteiger partial charge in [0.05, 0.1) is 0 Å². The Morgan fingerprint density at radius 2 is 1.36 bits per heavy atom. The first-order valence-corrected chi connectivity index (χ1v) is 10.0. The van der Waals surface area contributed by atoms with E-state index in [2.05, 4.69) is 76.2 Å². The molecule has 0 saturated carbocycles. The molecule has 2 aromatic carbocycles. The smallest absolute Gasteiger partial charge is 0.0377 e. The molecule has 4 rings (SSSR count). The maximum absolute atomic E-state index is 2.41. The van der Waals surface area contributed by atoms with Gasteiger partial charge >= 0.3 is 0 Å². The summed E-state index contributed by atoms with van der Waals surface area (Å²) < 4.78 is 0. The van der Waals surface area contributed by atoms with Crippen molar-refractivity contribution in [3.63, 3.8) is 0 Å². The summed E-state index contributed by atoms with van der Waals surface area (Å²) in [6.45, 7) is 9.27. The van der Waals surface area contributed by atoms with Gasteiger partial charge in [-0.3, -0.25) is 0 Å². The van der Waals surface area contributed by atoms with E-state index in [0.29, 0.717) is 5.41 Å². The lowest BCUT2D eigenvalue weighted by atomic mass is 9.76. The van der Waals surface area contributed by atoms with E-state index in [1.54, 1.807) is 10.4 Å². The SMILES string of the molecule is Cc1ccc(-c2ccc(-c3sc4c(c3C)CC(C)(C)CC4)cc2)cc1. The minimum Gasteiger partial charge on any atom is -0.140 e. The van der Waals surface area contributed by atoms with E-state index < -0.39 is 0 Å². The molecule has 1 aromatic heterocycles. The first-order chi connectivity index (χ1) is 11.9. The van der Waals surface area contributed by atoms with Gasteiger partial charge in [-0.05, 0) is 66.3 Å². The largest absolute Gasteiger partial charge is 0.140 e. The molecule has 0 amide bonds. The third kappa shape index (κ3) is 3.18. The van der Waals surface area contributed by atoms with Crippen LogP contribution in [0.1, 0.15) is 41.8 Å². The minimum atomic E-state index is 0.450. The van der Waals surface area contributed by atoms with Crippen LogP contribution in [0.15, 0.2) is 48.5 Å². The molecule has 0 fully saturated rings. The van der Waals surface area contributed by atoms with Crippen LogP contribution in [-0.2, 0) is 12.8 Å². The molecule has 0 radical (unpaired) electrons. The van der Waals surface area contributed by atoms with E-state index in [-0.39, 0.29) is 0 Å². The number of hydrogen-bond acceptors (Lipinski definition) is 1. The molecule has 0 spiro atoms. The number of fused-ring (bicyclic) bond motifs is 1. The Morgan fingerprint density at radius 3 is 2.00 bits per heavy atom. The van der Waals surface area contributed by atoms with Crippen LogP contribution in [-0.4, -0.2) is 0 Å². The maximum atomic E-state index is 2.41. The van der Waals surface area contributed by atoms with Crippen LogP contribution < -0.4 is 0 Å². The van der Waals surface area contributed by atoms with Crippen LogP contribution in [0.3, 0.4) is 0 Å². The number of benzene rings is 2. The van der Waals surface area contributed by atoms with Gasteiger partial charge in [0.1, 0.15) is 0 Å². The van der Waals surface area contributed by atoms with E-state index in [1.165, 1.54) is 52.0 Å². The number of rotatable bonds is 2. The van der Waals surface area contributed by atoms with E-state index in [9.17, 15) is 0 Å². The molecule has 0 N–H and O–H groups in total. The molecule has 1 heterocycles. The lowest BCUT2D eigenvalue weighted by Crippen LogP contribution is -2.21. The average molecular weight is 347 g/mol. The van der Waals surface area contributed by atoms with Gasteiger partial charge in [-0.15, -0.1) is 11.3 Å². The molecular formula is C24H26S. The Hall–Kier alpha value is -1.86. The van der Waals surface area contributed by atoms with Crippen LogP contribution in [0, 0.1) is 19.3 Å². The molecule has 1 heteroatoms. The highest BCUT2D eigenvalue weighted by Crippen LogP contribution is 2.44. The highest BCUT2D eigenvalue weighted by molar-refractivity contribution is 7.15. The summed E-state index contributed by atoms with van der Waals surface area (Å²) in [7, 11) is 0. The monoisotopic (exact) mass is 346 g/mol. The number of hydrogen-bond donors (Lipinski definition) is 0. The van der Waals surface area contributed by atoms with Crippen LogP contribution in [0.5, 0.6) is 0 Å². The third-order valence-corrected chi connectivity index (χ3v) is 7.01. The van der Waals surface area contributed by atoms with Crippen molar-refractivity contribution in [3.05, 3.63) is 70.1 Å². The van der Waals surface area contributed by atoms with Gasteiger partial charge in [-0.2, -0.15) is 0 Å². The predicted molar refractivity (Wildman–Crippen MR) is 110 cm³/mol. The molecule has 1 aliphatic carbocycles. The first kappa shape index (κ1) is 16.6. The lowest BCUT2D eigenvalue weighted by molar-refractivity contribution is 0.317. The van der Waals surface area contributed by atoms with Crippen LogP contribution in [0.4, 0.5) is 0 Å². The zero-order valence-corrected chi connectivity index (χ0v) is 16.5. The molecule has 25 heavy (non-hydrogen) atoms. The van der Waals surface area contributed by atoms with Gasteiger partial charge in [-0.25, -0.2) is 0 Å². The zero-order valence-electron chi connectivity index (χ0n) is 15.6. The molecule has 0 atom stereocenters. The van der Waals surface area contributed by atoms with E-state index in [1.807, 2.05) is 11.3 Å². The van der Waals surface area contributed by atoms with E-state index in [0.717, 1.165) is 0 Å². The highest BCUT2D eigenvalue weighted by atomic mass is 32.1. The van der Waals surface area contributed by atoms with Gasteiger partial charge in [0, 0.05) is 9.75 Å². The second-order valence-electron chi connectivity index (χ2n) is 8.24. The quantitative estimate of drug-likeness (QED) is 0.460. The Morgan fingerprint density at radius 1 is 0.800 bits per heavy atom.